The molecule has 5 rings (SSSR count). The van der Waals surface area contributed by atoms with Crippen LogP contribution in [-0.4, -0.2) is 86.0 Å². The molecule has 5 aliphatic rings. The molecular formula is C25H34O10. The van der Waals surface area contributed by atoms with E-state index in [1.165, 1.54) is 6.92 Å². The van der Waals surface area contributed by atoms with Gasteiger partial charge in [0, 0.05) is 17.3 Å². The Kier molecular flexibility index (Phi) is 5.23. The molecule has 0 amide bonds. The third-order valence-corrected chi connectivity index (χ3v) is 9.75. The maximum absolute atomic E-state index is 13.2. The molecule has 12 unspecified atom stereocenters. The summed E-state index contributed by atoms with van der Waals surface area (Å²) in [6.07, 6.45) is -4.67. The van der Waals surface area contributed by atoms with Crippen molar-refractivity contribution in [2.75, 3.05) is 6.61 Å². The predicted octanol–water partition coefficient (Wildman–Crippen LogP) is -0.439. The van der Waals surface area contributed by atoms with Crippen LogP contribution in [0.5, 0.6) is 0 Å². The third kappa shape index (κ3) is 2.81. The summed E-state index contributed by atoms with van der Waals surface area (Å²) in [6, 6.07) is 0. The average molecular weight is 495 g/mol. The standard InChI is InChI=1S/C25H34O10/c1-6-22(4,31)21(30)35-16-15-11(3)17(27)25(32)20-23(5)12(10(2)7-13(26)18(23)28)8-14(34-19(16)29)24(15,20)9-33-25/h7,12-18,20,26-28,31-32H,3,6,8-9H2,1-2,4-5H3. The highest BCUT2D eigenvalue weighted by molar-refractivity contribution is 5.85. The molecule has 0 aromatic rings. The highest BCUT2D eigenvalue weighted by atomic mass is 16.7. The molecule has 3 aliphatic carbocycles. The first kappa shape index (κ1) is 24.9. The molecule has 4 fully saturated rings. The first-order valence-corrected chi connectivity index (χ1v) is 12.1. The number of aliphatic hydroxyl groups excluding tert-OH is 3. The second-order valence-corrected chi connectivity index (χ2v) is 11.4. The average Bonchev–Trinajstić information content (AvgIpc) is 3.08. The van der Waals surface area contributed by atoms with Crippen LogP contribution in [0, 0.1) is 28.6 Å². The monoisotopic (exact) mass is 494 g/mol. The summed E-state index contributed by atoms with van der Waals surface area (Å²) in [4.78, 5) is 26.0. The molecule has 194 valence electrons. The van der Waals surface area contributed by atoms with Crippen molar-refractivity contribution >= 4 is 11.9 Å². The van der Waals surface area contributed by atoms with E-state index in [4.69, 9.17) is 14.2 Å². The fraction of sp³-hybridized carbons (Fsp3) is 0.760. The molecule has 2 saturated heterocycles. The summed E-state index contributed by atoms with van der Waals surface area (Å²) in [5.41, 5.74) is -3.43. The lowest BCUT2D eigenvalue weighted by molar-refractivity contribution is -0.318. The van der Waals surface area contributed by atoms with E-state index in [-0.39, 0.29) is 25.0 Å². The molecule has 10 heteroatoms. The van der Waals surface area contributed by atoms with Crippen LogP contribution in [0.3, 0.4) is 0 Å². The van der Waals surface area contributed by atoms with Gasteiger partial charge in [0.25, 0.3) is 0 Å². The normalized spacial score (nSPS) is 52.0. The maximum Gasteiger partial charge on any atom is 0.348 e. The summed E-state index contributed by atoms with van der Waals surface area (Å²) >= 11 is 0. The van der Waals surface area contributed by atoms with E-state index in [2.05, 4.69) is 6.58 Å². The van der Waals surface area contributed by atoms with Gasteiger partial charge in [0.15, 0.2) is 11.4 Å². The van der Waals surface area contributed by atoms with Crippen molar-refractivity contribution in [3.63, 3.8) is 0 Å². The van der Waals surface area contributed by atoms with Crippen molar-refractivity contribution in [1.29, 1.82) is 0 Å². The van der Waals surface area contributed by atoms with Crippen molar-refractivity contribution in [3.8, 4) is 0 Å². The quantitative estimate of drug-likeness (QED) is 0.257. The fourth-order valence-corrected chi connectivity index (χ4v) is 7.85. The molecule has 1 spiro atoms. The van der Waals surface area contributed by atoms with Crippen LogP contribution >= 0.6 is 0 Å². The highest BCUT2D eigenvalue weighted by Crippen LogP contribution is 2.73. The Bertz CT molecular complexity index is 1020. The second-order valence-electron chi connectivity index (χ2n) is 11.4. The summed E-state index contributed by atoms with van der Waals surface area (Å²) in [6.45, 7) is 10.2. The van der Waals surface area contributed by atoms with Crippen molar-refractivity contribution < 1.29 is 49.3 Å². The molecular weight excluding hydrogens is 460 g/mol. The first-order valence-electron chi connectivity index (χ1n) is 12.1. The number of fused-ring (bicyclic) bond motifs is 1. The number of hydrogen-bond donors (Lipinski definition) is 5. The van der Waals surface area contributed by atoms with Gasteiger partial charge in [-0.3, -0.25) is 0 Å². The van der Waals surface area contributed by atoms with Gasteiger partial charge in [-0.25, -0.2) is 9.59 Å². The van der Waals surface area contributed by atoms with Crippen LogP contribution in [0.2, 0.25) is 0 Å². The second kappa shape index (κ2) is 7.36. The summed E-state index contributed by atoms with van der Waals surface area (Å²) < 4.78 is 17.3. The van der Waals surface area contributed by atoms with E-state index in [9.17, 15) is 35.1 Å². The topological polar surface area (TPSA) is 163 Å². The molecule has 2 aliphatic heterocycles. The maximum atomic E-state index is 13.2. The van der Waals surface area contributed by atoms with E-state index in [1.807, 2.05) is 0 Å². The Morgan fingerprint density at radius 2 is 2.00 bits per heavy atom. The number of carbonyl (C=O) groups excluding carboxylic acids is 2. The summed E-state index contributed by atoms with van der Waals surface area (Å²) in [5.74, 6) is -6.46. The number of hydrogen-bond acceptors (Lipinski definition) is 10. The zero-order valence-corrected chi connectivity index (χ0v) is 20.3. The number of carbonyl (C=O) groups is 2. The Balaban J connectivity index is 1.69. The number of aliphatic hydroxyl groups is 5. The Morgan fingerprint density at radius 3 is 2.63 bits per heavy atom. The molecule has 2 saturated carbocycles. The lowest BCUT2D eigenvalue weighted by Gasteiger charge is -2.67. The number of rotatable bonds is 3. The number of esters is 2. The van der Waals surface area contributed by atoms with Gasteiger partial charge in [-0.1, -0.05) is 32.1 Å². The molecule has 10 nitrogen and oxygen atoms in total. The Morgan fingerprint density at radius 1 is 1.34 bits per heavy atom. The van der Waals surface area contributed by atoms with Gasteiger partial charge in [-0.05, 0) is 38.2 Å². The van der Waals surface area contributed by atoms with Gasteiger partial charge < -0.3 is 39.7 Å². The lowest BCUT2D eigenvalue weighted by atomic mass is 9.38. The van der Waals surface area contributed by atoms with Gasteiger partial charge in [-0.15, -0.1) is 0 Å². The molecule has 35 heavy (non-hydrogen) atoms. The third-order valence-electron chi connectivity index (χ3n) is 9.75. The van der Waals surface area contributed by atoms with E-state index in [0.717, 1.165) is 5.57 Å². The van der Waals surface area contributed by atoms with Crippen molar-refractivity contribution in [2.24, 2.45) is 28.6 Å². The zero-order valence-electron chi connectivity index (χ0n) is 20.3. The minimum atomic E-state index is -2.18. The van der Waals surface area contributed by atoms with Crippen LogP contribution in [0.25, 0.3) is 0 Å². The number of ether oxygens (including phenoxy) is 3. The van der Waals surface area contributed by atoms with Crippen molar-refractivity contribution in [1.82, 2.24) is 0 Å². The van der Waals surface area contributed by atoms with Crippen molar-refractivity contribution in [3.05, 3.63) is 23.8 Å². The largest absolute Gasteiger partial charge is 0.459 e. The van der Waals surface area contributed by atoms with E-state index in [1.54, 1.807) is 26.8 Å². The fourth-order valence-electron chi connectivity index (χ4n) is 7.85. The van der Waals surface area contributed by atoms with E-state index < -0.39 is 82.4 Å². The molecule has 2 bridgehead atoms. The van der Waals surface area contributed by atoms with Gasteiger partial charge in [0.05, 0.1) is 24.2 Å². The zero-order chi connectivity index (χ0) is 25.9. The van der Waals surface area contributed by atoms with Crippen LogP contribution in [0.1, 0.15) is 40.5 Å². The Hall–Kier alpha value is -1.82. The number of allylic oxidation sites excluding steroid dienone is 1. The van der Waals surface area contributed by atoms with Crippen LogP contribution in [0.4, 0.5) is 0 Å². The van der Waals surface area contributed by atoms with Gasteiger partial charge in [0.2, 0.25) is 6.10 Å². The predicted molar refractivity (Wildman–Crippen MR) is 118 cm³/mol. The molecule has 0 aromatic heterocycles. The smallest absolute Gasteiger partial charge is 0.348 e. The first-order chi connectivity index (χ1) is 16.2. The van der Waals surface area contributed by atoms with E-state index in [0.29, 0.717) is 0 Å². The molecule has 5 N–H and O–H groups in total. The van der Waals surface area contributed by atoms with Gasteiger partial charge >= 0.3 is 11.9 Å². The summed E-state index contributed by atoms with van der Waals surface area (Å²) in [7, 11) is 0. The van der Waals surface area contributed by atoms with Crippen molar-refractivity contribution in [2.45, 2.75) is 82.4 Å². The minimum Gasteiger partial charge on any atom is -0.459 e. The SMILES string of the molecule is C=C1C(O)C2(O)OCC34C(CC5C(C)=CC(O)C(O)C5(C)C23)OC(=O)C(OC(=O)C(C)(O)CC)C14. The lowest BCUT2D eigenvalue weighted by Crippen LogP contribution is -2.77. The Labute approximate surface area is 203 Å². The van der Waals surface area contributed by atoms with Crippen LogP contribution in [0.15, 0.2) is 23.8 Å². The summed E-state index contributed by atoms with van der Waals surface area (Å²) in [5, 5.41) is 55.4. The van der Waals surface area contributed by atoms with Gasteiger partial charge in [-0.2, -0.15) is 0 Å². The molecule has 2 heterocycles. The van der Waals surface area contributed by atoms with E-state index >= 15 is 0 Å². The van der Waals surface area contributed by atoms with Gasteiger partial charge in [0.1, 0.15) is 12.2 Å². The highest BCUT2D eigenvalue weighted by Gasteiger charge is 2.83. The van der Waals surface area contributed by atoms with Crippen LogP contribution in [-0.2, 0) is 23.8 Å². The molecule has 0 radical (unpaired) electrons. The molecule has 0 aromatic carbocycles. The molecule has 12 atom stereocenters. The minimum absolute atomic E-state index is 0.0382. The van der Waals surface area contributed by atoms with Crippen LogP contribution < -0.4 is 0 Å².